The van der Waals surface area contributed by atoms with Gasteiger partial charge in [-0.1, -0.05) is 12.1 Å². The van der Waals surface area contributed by atoms with Crippen LogP contribution in [0.25, 0.3) is 0 Å². The second kappa shape index (κ2) is 10.5. The van der Waals surface area contributed by atoms with Crippen LogP contribution in [-0.4, -0.2) is 51.2 Å². The van der Waals surface area contributed by atoms with Crippen LogP contribution in [0.15, 0.2) is 30.5 Å². The van der Waals surface area contributed by atoms with Crippen molar-refractivity contribution >= 4 is 11.8 Å². The third-order valence-electron chi connectivity index (χ3n) is 5.94. The zero-order chi connectivity index (χ0) is 22.4. The first kappa shape index (κ1) is 22.8. The van der Waals surface area contributed by atoms with Gasteiger partial charge in [-0.3, -0.25) is 9.59 Å². The number of carbonyl (C=O) groups is 2. The normalized spacial score (nSPS) is 16.3. The number of aromatic nitrogens is 2. The van der Waals surface area contributed by atoms with Gasteiger partial charge in [-0.25, -0.2) is 14.4 Å². The number of aryl methyl sites for hydroxylation is 2. The summed E-state index contributed by atoms with van der Waals surface area (Å²) in [4.78, 5) is 38.4. The maximum atomic E-state index is 13.1. The smallest absolute Gasteiger partial charge is 0.257 e. The van der Waals surface area contributed by atoms with E-state index in [1.54, 1.807) is 23.2 Å². The van der Waals surface area contributed by atoms with Crippen LogP contribution in [0.5, 0.6) is 0 Å². The molecule has 0 saturated carbocycles. The zero-order valence-electron chi connectivity index (χ0n) is 18.6. The third-order valence-corrected chi connectivity index (χ3v) is 5.94. The Morgan fingerprint density at radius 2 is 1.87 bits per heavy atom. The van der Waals surface area contributed by atoms with E-state index in [9.17, 15) is 14.0 Å². The van der Waals surface area contributed by atoms with Gasteiger partial charge in [-0.2, -0.15) is 0 Å². The van der Waals surface area contributed by atoms with Crippen molar-refractivity contribution in [3.05, 3.63) is 58.9 Å². The molecule has 2 heterocycles. The maximum absolute atomic E-state index is 13.1. The number of rotatable bonds is 7. The molecule has 0 spiro atoms. The summed E-state index contributed by atoms with van der Waals surface area (Å²) in [5.74, 6) is 0.313. The van der Waals surface area contributed by atoms with E-state index in [4.69, 9.17) is 0 Å². The van der Waals surface area contributed by atoms with Gasteiger partial charge in [0.05, 0.1) is 17.3 Å². The number of piperidine rings is 1. The first-order valence-electron chi connectivity index (χ1n) is 11.1. The van der Waals surface area contributed by atoms with Gasteiger partial charge >= 0.3 is 0 Å². The lowest BCUT2D eigenvalue weighted by Crippen LogP contribution is -2.39. The average molecular weight is 427 g/mol. The summed E-state index contributed by atoms with van der Waals surface area (Å²) >= 11 is 0. The molecule has 2 amide bonds. The largest absolute Gasteiger partial charge is 0.339 e. The Morgan fingerprint density at radius 1 is 1.16 bits per heavy atom. The Labute approximate surface area is 183 Å². The SMILES string of the molecule is CCN(CC)C(=O)c1cnc(C2CCCCN2C(=O)CCc2ccc(F)cc2)nc1C. The molecule has 0 N–H and O–H groups in total. The van der Waals surface area contributed by atoms with Crippen molar-refractivity contribution < 1.29 is 14.0 Å². The topological polar surface area (TPSA) is 66.4 Å². The molecule has 6 nitrogen and oxygen atoms in total. The molecule has 0 aliphatic carbocycles. The Kier molecular flexibility index (Phi) is 7.71. The van der Waals surface area contributed by atoms with E-state index >= 15 is 0 Å². The predicted octanol–water partition coefficient (Wildman–Crippen LogP) is 4.09. The van der Waals surface area contributed by atoms with E-state index in [2.05, 4.69) is 9.97 Å². The molecule has 31 heavy (non-hydrogen) atoms. The summed E-state index contributed by atoms with van der Waals surface area (Å²) < 4.78 is 13.1. The lowest BCUT2D eigenvalue weighted by molar-refractivity contribution is -0.135. The van der Waals surface area contributed by atoms with E-state index in [-0.39, 0.29) is 23.7 Å². The first-order valence-corrected chi connectivity index (χ1v) is 11.1. The van der Waals surface area contributed by atoms with Gasteiger partial charge in [-0.15, -0.1) is 0 Å². The van der Waals surface area contributed by atoms with Crippen LogP contribution < -0.4 is 0 Å². The Morgan fingerprint density at radius 3 is 2.52 bits per heavy atom. The lowest BCUT2D eigenvalue weighted by Gasteiger charge is -2.35. The molecule has 1 atom stereocenters. The fourth-order valence-electron chi connectivity index (χ4n) is 4.08. The Bertz CT molecular complexity index is 912. The van der Waals surface area contributed by atoms with Crippen LogP contribution in [0.1, 0.15) is 73.0 Å². The number of benzene rings is 1. The Hall–Kier alpha value is -2.83. The fraction of sp³-hybridized carbons (Fsp3) is 0.500. The highest BCUT2D eigenvalue weighted by molar-refractivity contribution is 5.94. The van der Waals surface area contributed by atoms with E-state index in [1.165, 1.54) is 12.1 Å². The average Bonchev–Trinajstić information content (AvgIpc) is 2.79. The van der Waals surface area contributed by atoms with Crippen molar-refractivity contribution in [1.29, 1.82) is 0 Å². The fourth-order valence-corrected chi connectivity index (χ4v) is 4.08. The highest BCUT2D eigenvalue weighted by Gasteiger charge is 2.30. The molecule has 1 unspecified atom stereocenters. The molecule has 3 rings (SSSR count). The second-order valence-electron chi connectivity index (χ2n) is 7.93. The summed E-state index contributed by atoms with van der Waals surface area (Å²) in [6.07, 6.45) is 5.31. The van der Waals surface area contributed by atoms with Gasteiger partial charge in [0, 0.05) is 32.3 Å². The molecule has 7 heteroatoms. The van der Waals surface area contributed by atoms with Crippen LogP contribution >= 0.6 is 0 Å². The van der Waals surface area contributed by atoms with Crippen LogP contribution in [0.2, 0.25) is 0 Å². The van der Waals surface area contributed by atoms with Crippen molar-refractivity contribution in [2.45, 2.75) is 58.9 Å². The number of nitrogens with zero attached hydrogens (tertiary/aromatic N) is 4. The molecular formula is C24H31FN4O2. The second-order valence-corrected chi connectivity index (χ2v) is 7.93. The van der Waals surface area contributed by atoms with Crippen LogP contribution in [0.3, 0.4) is 0 Å². The highest BCUT2D eigenvalue weighted by Crippen LogP contribution is 2.30. The molecule has 166 valence electrons. The number of carbonyl (C=O) groups excluding carboxylic acids is 2. The number of amides is 2. The molecule has 1 fully saturated rings. The summed E-state index contributed by atoms with van der Waals surface area (Å²) in [6.45, 7) is 7.67. The van der Waals surface area contributed by atoms with E-state index in [0.717, 1.165) is 24.8 Å². The number of halogens is 1. The van der Waals surface area contributed by atoms with E-state index < -0.39 is 0 Å². The predicted molar refractivity (Wildman–Crippen MR) is 117 cm³/mol. The number of hydrogen-bond acceptors (Lipinski definition) is 4. The summed E-state index contributed by atoms with van der Waals surface area (Å²) in [6, 6.07) is 6.09. The molecule has 0 bridgehead atoms. The van der Waals surface area contributed by atoms with Crippen LogP contribution in [-0.2, 0) is 11.2 Å². The number of likely N-dealkylation sites (tertiary alicyclic amines) is 1. The minimum Gasteiger partial charge on any atom is -0.339 e. The molecular weight excluding hydrogens is 395 g/mol. The van der Waals surface area contributed by atoms with Crippen molar-refractivity contribution in [1.82, 2.24) is 19.8 Å². The quantitative estimate of drug-likeness (QED) is 0.669. The van der Waals surface area contributed by atoms with Crippen molar-refractivity contribution in [2.75, 3.05) is 19.6 Å². The zero-order valence-corrected chi connectivity index (χ0v) is 18.6. The molecule has 2 aromatic rings. The summed E-state index contributed by atoms with van der Waals surface area (Å²) in [5.41, 5.74) is 2.10. The summed E-state index contributed by atoms with van der Waals surface area (Å²) in [7, 11) is 0. The molecule has 1 aromatic heterocycles. The third kappa shape index (κ3) is 5.46. The Balaban J connectivity index is 1.73. The van der Waals surface area contributed by atoms with Crippen LogP contribution in [0, 0.1) is 12.7 Å². The van der Waals surface area contributed by atoms with Crippen molar-refractivity contribution in [3.8, 4) is 0 Å². The highest BCUT2D eigenvalue weighted by atomic mass is 19.1. The number of hydrogen-bond donors (Lipinski definition) is 0. The molecule has 0 radical (unpaired) electrons. The van der Waals surface area contributed by atoms with E-state index in [1.807, 2.05) is 25.7 Å². The molecule has 1 aliphatic heterocycles. The summed E-state index contributed by atoms with van der Waals surface area (Å²) in [5, 5.41) is 0. The standard InChI is InChI=1S/C24H31FN4O2/c1-4-28(5-2)24(31)20-16-26-23(27-17(20)3)21-8-6-7-15-29(21)22(30)14-11-18-9-12-19(25)13-10-18/h9-10,12-13,16,21H,4-8,11,14-15H2,1-3H3. The van der Waals surface area contributed by atoms with Gasteiger partial charge in [0.15, 0.2) is 5.82 Å². The maximum Gasteiger partial charge on any atom is 0.257 e. The molecule has 1 saturated heterocycles. The first-order chi connectivity index (χ1) is 14.9. The van der Waals surface area contributed by atoms with Crippen LogP contribution in [0.4, 0.5) is 4.39 Å². The van der Waals surface area contributed by atoms with Crippen molar-refractivity contribution in [3.63, 3.8) is 0 Å². The van der Waals surface area contributed by atoms with Gasteiger partial charge in [0.2, 0.25) is 5.91 Å². The minimum atomic E-state index is -0.276. The van der Waals surface area contributed by atoms with Gasteiger partial charge in [0.1, 0.15) is 5.82 Å². The monoisotopic (exact) mass is 426 g/mol. The molecule has 1 aromatic carbocycles. The van der Waals surface area contributed by atoms with Crippen molar-refractivity contribution in [2.24, 2.45) is 0 Å². The van der Waals surface area contributed by atoms with E-state index in [0.29, 0.717) is 49.6 Å². The van der Waals surface area contributed by atoms with Gasteiger partial charge in [-0.05, 0) is 64.2 Å². The minimum absolute atomic E-state index is 0.0542. The lowest BCUT2D eigenvalue weighted by atomic mass is 9.99. The van der Waals surface area contributed by atoms with Gasteiger partial charge in [0.25, 0.3) is 5.91 Å². The molecule has 1 aliphatic rings. The van der Waals surface area contributed by atoms with Gasteiger partial charge < -0.3 is 9.80 Å².